The lowest BCUT2D eigenvalue weighted by Gasteiger charge is -2.20. The second-order valence-corrected chi connectivity index (χ2v) is 8.37. The second kappa shape index (κ2) is 7.41. The lowest BCUT2D eigenvalue weighted by molar-refractivity contribution is -0.114. The molecule has 0 bridgehead atoms. The van der Waals surface area contributed by atoms with Crippen molar-refractivity contribution in [3.63, 3.8) is 0 Å². The largest absolute Gasteiger partial charge is 0.317 e. The first-order chi connectivity index (χ1) is 13.4. The lowest BCUT2D eigenvalue weighted by atomic mass is 10.1. The number of carbonyl (C=O) groups excluding carboxylic acids is 1. The Balaban J connectivity index is 1.68. The predicted octanol–water partition coefficient (Wildman–Crippen LogP) is 4.80. The summed E-state index contributed by atoms with van der Waals surface area (Å²) in [6, 6.07) is 11.2. The van der Waals surface area contributed by atoms with Gasteiger partial charge in [0.25, 0.3) is 5.91 Å². The third-order valence-corrected chi connectivity index (χ3v) is 5.44. The van der Waals surface area contributed by atoms with Gasteiger partial charge in [-0.05, 0) is 60.2 Å². The van der Waals surface area contributed by atoms with Crippen molar-refractivity contribution in [3.05, 3.63) is 58.9 Å². The van der Waals surface area contributed by atoms with Crippen molar-refractivity contribution in [1.82, 2.24) is 9.58 Å². The monoisotopic (exact) mass is 411 g/mol. The van der Waals surface area contributed by atoms with Gasteiger partial charge in [0.15, 0.2) is 5.84 Å². The van der Waals surface area contributed by atoms with E-state index in [1.807, 2.05) is 47.2 Å². The highest BCUT2D eigenvalue weighted by atomic mass is 35.5. The standard InChI is InChI=1S/C20H18ClN5OS/c1-12(2)10-17-24-26-18(22)16(19(27)23-20(26)28-17)11-15-4-3-9-25(15)14-7-5-13(21)6-8-14/h3-9,11-12,22H,10H2,1-2H3/b16-11+,22-18?. The fraction of sp³-hybridized carbons (Fsp3) is 0.200. The Morgan fingerprint density at radius 3 is 2.71 bits per heavy atom. The van der Waals surface area contributed by atoms with Crippen LogP contribution < -0.4 is 0 Å². The van der Waals surface area contributed by atoms with Crippen molar-refractivity contribution < 1.29 is 4.79 Å². The molecule has 2 aliphatic rings. The maximum absolute atomic E-state index is 12.6. The smallest absolute Gasteiger partial charge is 0.283 e. The molecule has 0 radical (unpaired) electrons. The Bertz CT molecular complexity index is 1050. The van der Waals surface area contributed by atoms with E-state index in [9.17, 15) is 4.79 Å². The Kier molecular flexibility index (Phi) is 4.95. The second-order valence-electron chi connectivity index (χ2n) is 6.89. The Morgan fingerprint density at radius 2 is 2.00 bits per heavy atom. The van der Waals surface area contributed by atoms with Crippen molar-refractivity contribution >= 4 is 51.4 Å². The van der Waals surface area contributed by atoms with Crippen molar-refractivity contribution in [2.75, 3.05) is 0 Å². The lowest BCUT2D eigenvalue weighted by Crippen LogP contribution is -2.35. The summed E-state index contributed by atoms with van der Waals surface area (Å²) in [6.45, 7) is 4.21. The van der Waals surface area contributed by atoms with E-state index < -0.39 is 5.91 Å². The molecule has 1 N–H and O–H groups in total. The number of hydrogen-bond acceptors (Lipinski definition) is 4. The molecule has 2 aliphatic heterocycles. The number of nitrogens with zero attached hydrogens (tertiary/aromatic N) is 4. The number of nitrogens with one attached hydrogen (secondary N) is 1. The zero-order chi connectivity index (χ0) is 19.8. The molecule has 0 spiro atoms. The molecule has 28 heavy (non-hydrogen) atoms. The molecule has 1 aromatic heterocycles. The van der Waals surface area contributed by atoms with Gasteiger partial charge in [-0.3, -0.25) is 10.2 Å². The molecular weight excluding hydrogens is 394 g/mol. The molecule has 0 saturated carbocycles. The topological polar surface area (TPSA) is 73.8 Å². The summed E-state index contributed by atoms with van der Waals surface area (Å²) >= 11 is 7.33. The van der Waals surface area contributed by atoms with Gasteiger partial charge in [-0.2, -0.15) is 15.1 Å². The summed E-state index contributed by atoms with van der Waals surface area (Å²) in [5.74, 6) is 0.0643. The van der Waals surface area contributed by atoms with Crippen LogP contribution >= 0.6 is 23.4 Å². The molecule has 4 rings (SSSR count). The van der Waals surface area contributed by atoms with Crippen LogP contribution in [0.3, 0.4) is 0 Å². The van der Waals surface area contributed by atoms with Crippen molar-refractivity contribution in [2.24, 2.45) is 16.0 Å². The van der Waals surface area contributed by atoms with E-state index >= 15 is 0 Å². The third kappa shape index (κ3) is 3.55. The van der Waals surface area contributed by atoms with Crippen LogP contribution in [0.5, 0.6) is 0 Å². The van der Waals surface area contributed by atoms with Crippen LogP contribution in [-0.2, 0) is 4.79 Å². The summed E-state index contributed by atoms with van der Waals surface area (Å²) in [6.07, 6.45) is 4.37. The molecular formula is C20H18ClN5OS. The first kappa shape index (κ1) is 18.7. The molecule has 0 fully saturated rings. The number of rotatable bonds is 4. The number of benzene rings is 1. The molecule has 1 amide bonds. The summed E-state index contributed by atoms with van der Waals surface area (Å²) in [7, 11) is 0. The minimum atomic E-state index is -0.423. The normalized spacial score (nSPS) is 18.0. The Morgan fingerprint density at radius 1 is 1.25 bits per heavy atom. The fourth-order valence-electron chi connectivity index (χ4n) is 2.96. The van der Waals surface area contributed by atoms with Gasteiger partial charge in [0.2, 0.25) is 5.17 Å². The van der Waals surface area contributed by atoms with Gasteiger partial charge in [0.1, 0.15) is 5.04 Å². The minimum absolute atomic E-state index is 0.0464. The van der Waals surface area contributed by atoms with Gasteiger partial charge in [-0.25, -0.2) is 0 Å². The van der Waals surface area contributed by atoms with Gasteiger partial charge in [-0.1, -0.05) is 25.4 Å². The van der Waals surface area contributed by atoms with E-state index in [0.717, 1.165) is 22.8 Å². The number of hydrogen-bond donors (Lipinski definition) is 1. The molecule has 0 unspecified atom stereocenters. The molecule has 1 aromatic carbocycles. The molecule has 6 nitrogen and oxygen atoms in total. The van der Waals surface area contributed by atoms with E-state index in [2.05, 4.69) is 23.9 Å². The van der Waals surface area contributed by atoms with Crippen molar-refractivity contribution in [2.45, 2.75) is 20.3 Å². The van der Waals surface area contributed by atoms with Gasteiger partial charge >= 0.3 is 0 Å². The van der Waals surface area contributed by atoms with Gasteiger partial charge < -0.3 is 4.57 Å². The number of amides is 1. The summed E-state index contributed by atoms with van der Waals surface area (Å²) in [4.78, 5) is 16.7. The van der Waals surface area contributed by atoms with Crippen molar-refractivity contribution in [1.29, 1.82) is 5.41 Å². The zero-order valence-corrected chi connectivity index (χ0v) is 17.0. The van der Waals surface area contributed by atoms with Crippen molar-refractivity contribution in [3.8, 4) is 5.69 Å². The number of carbonyl (C=O) groups is 1. The fourth-order valence-corrected chi connectivity index (χ4v) is 4.18. The Labute approximate surface area is 172 Å². The van der Waals surface area contributed by atoms with Crippen LogP contribution in [0.25, 0.3) is 11.8 Å². The van der Waals surface area contributed by atoms with E-state index in [1.165, 1.54) is 16.8 Å². The maximum atomic E-state index is 12.6. The van der Waals surface area contributed by atoms with E-state index in [-0.39, 0.29) is 11.4 Å². The van der Waals surface area contributed by atoms with Crippen LogP contribution in [0.1, 0.15) is 26.0 Å². The number of halogens is 1. The molecule has 0 aliphatic carbocycles. The summed E-state index contributed by atoms with van der Waals surface area (Å²) in [5, 5.41) is 16.4. The van der Waals surface area contributed by atoms with Crippen LogP contribution in [-0.4, -0.2) is 31.5 Å². The first-order valence-electron chi connectivity index (χ1n) is 8.85. The van der Waals surface area contributed by atoms with Crippen LogP contribution in [0.2, 0.25) is 5.02 Å². The number of amidine groups is 2. The van der Waals surface area contributed by atoms with Gasteiger partial charge in [0.05, 0.1) is 5.57 Å². The number of hydrazone groups is 1. The zero-order valence-electron chi connectivity index (χ0n) is 15.4. The maximum Gasteiger partial charge on any atom is 0.283 e. The average molecular weight is 412 g/mol. The quantitative estimate of drug-likeness (QED) is 0.734. The summed E-state index contributed by atoms with van der Waals surface area (Å²) < 4.78 is 1.93. The molecule has 8 heteroatoms. The van der Waals surface area contributed by atoms with E-state index in [1.54, 1.807) is 6.08 Å². The van der Waals surface area contributed by atoms with E-state index in [4.69, 9.17) is 17.0 Å². The number of aromatic nitrogens is 1. The average Bonchev–Trinajstić information content (AvgIpc) is 3.25. The highest BCUT2D eigenvalue weighted by Gasteiger charge is 2.35. The minimum Gasteiger partial charge on any atom is -0.317 e. The van der Waals surface area contributed by atoms with Crippen LogP contribution in [0.15, 0.2) is 58.3 Å². The summed E-state index contributed by atoms with van der Waals surface area (Å²) in [5.41, 5.74) is 1.90. The highest BCUT2D eigenvalue weighted by Crippen LogP contribution is 2.30. The molecule has 0 saturated heterocycles. The molecule has 0 atom stereocenters. The molecule has 2 aromatic rings. The highest BCUT2D eigenvalue weighted by molar-refractivity contribution is 8.26. The van der Waals surface area contributed by atoms with Gasteiger partial charge in [-0.15, -0.1) is 0 Å². The predicted molar refractivity (Wildman–Crippen MR) is 115 cm³/mol. The SMILES string of the molecule is CC(C)CC1=NN2C(=N)/C(=C\c3cccn3-c3ccc(Cl)cc3)C(=O)N=C2S1. The molecule has 142 valence electrons. The van der Waals surface area contributed by atoms with Crippen LogP contribution in [0.4, 0.5) is 0 Å². The third-order valence-electron chi connectivity index (χ3n) is 4.26. The van der Waals surface area contributed by atoms with Crippen LogP contribution in [0, 0.1) is 11.3 Å². The first-order valence-corrected chi connectivity index (χ1v) is 10.0. The Hall–Kier alpha value is -2.64. The number of thioether (sulfide) groups is 1. The number of fused-ring (bicyclic) bond motifs is 1. The van der Waals surface area contributed by atoms with E-state index in [0.29, 0.717) is 16.1 Å². The number of aliphatic imine (C=N–C) groups is 1. The molecule has 3 heterocycles. The van der Waals surface area contributed by atoms with Gasteiger partial charge in [0, 0.05) is 29.0 Å².